The maximum absolute atomic E-state index is 4.94. The number of unbranched alkanes of at least 4 members (excludes halogenated alkanes) is 3. The minimum Gasteiger partial charge on any atom is -0.362 e. The summed E-state index contributed by atoms with van der Waals surface area (Å²) in [6.45, 7) is 9.43. The molecule has 0 saturated carbocycles. The lowest BCUT2D eigenvalue weighted by molar-refractivity contribution is 0.675. The standard InChI is InChI=1S/C23H30N2/c1-4-5-6-11-17-25-23(22-15-10-9-13-19(22)2)18-21-14-8-7-12-16-24-20(21)3/h7-10,12-13,15-16,18,24H,3-6,11,14,17H2,1-2H3/b8-7-,16-12-,21-18+,25-23-. The fourth-order valence-electron chi connectivity index (χ4n) is 2.81. The van der Waals surface area contributed by atoms with E-state index in [1.54, 1.807) is 0 Å². The van der Waals surface area contributed by atoms with Gasteiger partial charge in [-0.3, -0.25) is 4.99 Å². The molecule has 2 rings (SSSR count). The Labute approximate surface area is 152 Å². The second-order valence-electron chi connectivity index (χ2n) is 6.43. The SMILES string of the molecule is C=C1N/C=C\C=C/C/C1=C\C(=N\CCCCCC)c1ccccc1C. The van der Waals surface area contributed by atoms with Crippen molar-refractivity contribution in [2.24, 2.45) is 4.99 Å². The number of benzene rings is 1. The molecule has 0 bridgehead atoms. The Morgan fingerprint density at radius 2 is 2.04 bits per heavy atom. The zero-order valence-electron chi connectivity index (χ0n) is 15.6. The third-order valence-corrected chi connectivity index (χ3v) is 4.35. The Hall–Kier alpha value is -2.35. The van der Waals surface area contributed by atoms with Crippen molar-refractivity contribution < 1.29 is 0 Å². The van der Waals surface area contributed by atoms with Crippen LogP contribution in [0.25, 0.3) is 0 Å². The third-order valence-electron chi connectivity index (χ3n) is 4.35. The predicted molar refractivity (Wildman–Crippen MR) is 110 cm³/mol. The number of hydrogen-bond donors (Lipinski definition) is 1. The number of rotatable bonds is 7. The second kappa shape index (κ2) is 10.5. The van der Waals surface area contributed by atoms with Crippen LogP contribution in [0.2, 0.25) is 0 Å². The predicted octanol–water partition coefficient (Wildman–Crippen LogP) is 5.87. The van der Waals surface area contributed by atoms with Crippen molar-refractivity contribution in [1.29, 1.82) is 0 Å². The van der Waals surface area contributed by atoms with E-state index in [0.29, 0.717) is 0 Å². The molecule has 1 aliphatic rings. The van der Waals surface area contributed by atoms with E-state index in [4.69, 9.17) is 4.99 Å². The van der Waals surface area contributed by atoms with Gasteiger partial charge in [0.2, 0.25) is 0 Å². The highest BCUT2D eigenvalue weighted by Crippen LogP contribution is 2.17. The molecule has 1 aliphatic heterocycles. The van der Waals surface area contributed by atoms with Gasteiger partial charge in [0.05, 0.1) is 5.71 Å². The number of nitrogens with zero attached hydrogens (tertiary/aromatic N) is 1. The molecule has 1 N–H and O–H groups in total. The quantitative estimate of drug-likeness (QED) is 0.489. The van der Waals surface area contributed by atoms with Crippen molar-refractivity contribution in [3.63, 3.8) is 0 Å². The summed E-state index contributed by atoms with van der Waals surface area (Å²) in [7, 11) is 0. The molecule has 2 heteroatoms. The number of aliphatic imine (C=N–C) groups is 1. The first-order chi connectivity index (χ1) is 12.2. The monoisotopic (exact) mass is 334 g/mol. The molecule has 25 heavy (non-hydrogen) atoms. The van der Waals surface area contributed by atoms with Crippen molar-refractivity contribution in [1.82, 2.24) is 5.32 Å². The number of allylic oxidation sites excluding steroid dienone is 5. The van der Waals surface area contributed by atoms with Crippen LogP contribution in [0.5, 0.6) is 0 Å². The average molecular weight is 335 g/mol. The van der Waals surface area contributed by atoms with Crippen LogP contribution in [0.1, 0.15) is 50.2 Å². The highest BCUT2D eigenvalue weighted by atomic mass is 14.8. The molecule has 0 unspecified atom stereocenters. The van der Waals surface area contributed by atoms with Gasteiger partial charge in [-0.05, 0) is 43.1 Å². The molecule has 0 saturated heterocycles. The lowest BCUT2D eigenvalue weighted by Gasteiger charge is -2.13. The van der Waals surface area contributed by atoms with Crippen LogP contribution in [0.15, 0.2) is 77.6 Å². The number of nitrogens with one attached hydrogen (secondary N) is 1. The van der Waals surface area contributed by atoms with Crippen LogP contribution in [0.3, 0.4) is 0 Å². The number of hydrogen-bond acceptors (Lipinski definition) is 2. The normalized spacial score (nSPS) is 19.2. The zero-order valence-corrected chi connectivity index (χ0v) is 15.6. The van der Waals surface area contributed by atoms with E-state index in [2.05, 4.69) is 68.2 Å². The molecule has 2 nitrogen and oxygen atoms in total. The van der Waals surface area contributed by atoms with Crippen LogP contribution < -0.4 is 5.32 Å². The van der Waals surface area contributed by atoms with Gasteiger partial charge in [0, 0.05) is 24.0 Å². The summed E-state index contributed by atoms with van der Waals surface area (Å²) < 4.78 is 0. The van der Waals surface area contributed by atoms with Gasteiger partial charge in [0.1, 0.15) is 0 Å². The minimum absolute atomic E-state index is 0.858. The largest absolute Gasteiger partial charge is 0.362 e. The molecule has 1 aromatic rings. The summed E-state index contributed by atoms with van der Waals surface area (Å²) in [4.78, 5) is 4.94. The van der Waals surface area contributed by atoms with Crippen LogP contribution in [-0.2, 0) is 0 Å². The van der Waals surface area contributed by atoms with Crippen molar-refractivity contribution in [2.45, 2.75) is 46.0 Å². The molecule has 132 valence electrons. The van der Waals surface area contributed by atoms with Crippen LogP contribution in [0.4, 0.5) is 0 Å². The molecular formula is C23H30N2. The van der Waals surface area contributed by atoms with E-state index in [-0.39, 0.29) is 0 Å². The molecule has 0 amide bonds. The Morgan fingerprint density at radius 3 is 2.84 bits per heavy atom. The Morgan fingerprint density at radius 1 is 1.20 bits per heavy atom. The maximum Gasteiger partial charge on any atom is 0.0652 e. The smallest absolute Gasteiger partial charge is 0.0652 e. The van der Waals surface area contributed by atoms with Gasteiger partial charge in [0.15, 0.2) is 0 Å². The van der Waals surface area contributed by atoms with E-state index in [0.717, 1.165) is 30.8 Å². The van der Waals surface area contributed by atoms with E-state index in [1.807, 2.05) is 12.3 Å². The van der Waals surface area contributed by atoms with E-state index >= 15 is 0 Å². The first kappa shape index (κ1) is 19.0. The summed E-state index contributed by atoms with van der Waals surface area (Å²) in [5.74, 6) is 0. The molecule has 0 spiro atoms. The highest BCUT2D eigenvalue weighted by molar-refractivity contribution is 6.10. The van der Waals surface area contributed by atoms with Crippen molar-refractivity contribution >= 4 is 5.71 Å². The molecule has 0 fully saturated rings. The van der Waals surface area contributed by atoms with Gasteiger partial charge in [-0.15, -0.1) is 0 Å². The third kappa shape index (κ3) is 6.22. The molecule has 1 heterocycles. The molecule has 0 atom stereocenters. The minimum atomic E-state index is 0.858. The number of aryl methyl sites for hydroxylation is 1. The first-order valence-electron chi connectivity index (χ1n) is 9.31. The zero-order chi connectivity index (χ0) is 17.9. The average Bonchev–Trinajstić information content (AvgIpc) is 2.60. The molecule has 0 radical (unpaired) electrons. The molecular weight excluding hydrogens is 304 g/mol. The summed E-state index contributed by atoms with van der Waals surface area (Å²) in [6.07, 6.45) is 16.1. The van der Waals surface area contributed by atoms with Crippen molar-refractivity contribution in [3.8, 4) is 0 Å². The summed E-state index contributed by atoms with van der Waals surface area (Å²) >= 11 is 0. The van der Waals surface area contributed by atoms with Crippen LogP contribution in [0, 0.1) is 6.92 Å². The van der Waals surface area contributed by atoms with Gasteiger partial charge in [0.25, 0.3) is 0 Å². The summed E-state index contributed by atoms with van der Waals surface area (Å²) in [6, 6.07) is 8.47. The van der Waals surface area contributed by atoms with Crippen LogP contribution in [-0.4, -0.2) is 12.3 Å². The van der Waals surface area contributed by atoms with Crippen molar-refractivity contribution in [3.05, 3.63) is 83.7 Å². The summed E-state index contributed by atoms with van der Waals surface area (Å²) in [5.41, 5.74) is 5.64. The second-order valence-corrected chi connectivity index (χ2v) is 6.43. The molecule has 1 aromatic carbocycles. The van der Waals surface area contributed by atoms with Crippen molar-refractivity contribution in [2.75, 3.05) is 6.54 Å². The highest BCUT2D eigenvalue weighted by Gasteiger charge is 2.08. The molecule has 0 aromatic heterocycles. The fourth-order valence-corrected chi connectivity index (χ4v) is 2.81. The van der Waals surface area contributed by atoms with E-state index < -0.39 is 0 Å². The van der Waals surface area contributed by atoms with E-state index in [9.17, 15) is 0 Å². The van der Waals surface area contributed by atoms with Gasteiger partial charge in [-0.25, -0.2) is 0 Å². The first-order valence-corrected chi connectivity index (χ1v) is 9.31. The molecule has 0 aliphatic carbocycles. The van der Waals surface area contributed by atoms with Crippen LogP contribution >= 0.6 is 0 Å². The van der Waals surface area contributed by atoms with Gasteiger partial charge >= 0.3 is 0 Å². The lowest BCUT2D eigenvalue weighted by atomic mass is 9.99. The van der Waals surface area contributed by atoms with Gasteiger partial charge in [-0.1, -0.05) is 69.2 Å². The lowest BCUT2D eigenvalue weighted by Crippen LogP contribution is -2.10. The Bertz CT molecular complexity index is 690. The fraction of sp³-hybridized carbons (Fsp3) is 0.348. The maximum atomic E-state index is 4.94. The Kier molecular flexibility index (Phi) is 7.97. The summed E-state index contributed by atoms with van der Waals surface area (Å²) in [5, 5.41) is 3.24. The topological polar surface area (TPSA) is 24.4 Å². The van der Waals surface area contributed by atoms with Gasteiger partial charge < -0.3 is 5.32 Å². The van der Waals surface area contributed by atoms with Gasteiger partial charge in [-0.2, -0.15) is 0 Å². The Balaban J connectivity index is 2.27. The van der Waals surface area contributed by atoms with E-state index in [1.165, 1.54) is 36.0 Å².